The number of fused-ring (bicyclic) bond motifs is 1. The number of hydrogen-bond acceptors (Lipinski definition) is 2. The van der Waals surface area contributed by atoms with Crippen LogP contribution in [0, 0.1) is 11.3 Å². The van der Waals surface area contributed by atoms with Crippen molar-refractivity contribution in [1.82, 2.24) is 9.78 Å². The van der Waals surface area contributed by atoms with Gasteiger partial charge in [-0.15, -0.1) is 0 Å². The van der Waals surface area contributed by atoms with Crippen molar-refractivity contribution in [3.63, 3.8) is 0 Å². The van der Waals surface area contributed by atoms with E-state index in [1.165, 1.54) is 0 Å². The number of halogens is 1. The Balaban J connectivity index is 2.06. The Morgan fingerprint density at radius 2 is 1.84 bits per heavy atom. The van der Waals surface area contributed by atoms with Gasteiger partial charge < -0.3 is 0 Å². The average Bonchev–Trinajstić information content (AvgIpc) is 2.80. The van der Waals surface area contributed by atoms with Crippen molar-refractivity contribution in [3.8, 4) is 6.07 Å². The molecule has 0 aliphatic carbocycles. The molecular formula is C15H10ClN3. The Labute approximate surface area is 115 Å². The van der Waals surface area contributed by atoms with Gasteiger partial charge in [0.2, 0.25) is 0 Å². The van der Waals surface area contributed by atoms with Crippen molar-refractivity contribution in [2.24, 2.45) is 0 Å². The molecule has 2 aromatic carbocycles. The van der Waals surface area contributed by atoms with E-state index in [0.29, 0.717) is 17.3 Å². The summed E-state index contributed by atoms with van der Waals surface area (Å²) in [7, 11) is 0. The van der Waals surface area contributed by atoms with Gasteiger partial charge in [-0.3, -0.25) is 4.68 Å². The fourth-order valence-corrected chi connectivity index (χ4v) is 2.22. The molecule has 4 heteroatoms. The Kier molecular flexibility index (Phi) is 2.94. The molecule has 0 aliphatic heterocycles. The van der Waals surface area contributed by atoms with Crippen LogP contribution in [-0.2, 0) is 6.54 Å². The molecule has 1 aromatic heterocycles. The molecule has 0 saturated carbocycles. The monoisotopic (exact) mass is 267 g/mol. The van der Waals surface area contributed by atoms with Crippen LogP contribution in [-0.4, -0.2) is 9.78 Å². The third-order valence-electron chi connectivity index (χ3n) is 3.01. The summed E-state index contributed by atoms with van der Waals surface area (Å²) in [5.41, 5.74) is 2.53. The van der Waals surface area contributed by atoms with Crippen molar-refractivity contribution in [1.29, 1.82) is 5.26 Å². The lowest BCUT2D eigenvalue weighted by Crippen LogP contribution is -2.01. The molecule has 0 aliphatic rings. The quantitative estimate of drug-likeness (QED) is 0.712. The van der Waals surface area contributed by atoms with Crippen molar-refractivity contribution in [2.75, 3.05) is 0 Å². The predicted molar refractivity (Wildman–Crippen MR) is 75.0 cm³/mol. The maximum Gasteiger partial charge on any atom is 0.170 e. The molecule has 0 bridgehead atoms. The fraction of sp³-hybridized carbons (Fsp3) is 0.0667. The zero-order chi connectivity index (χ0) is 13.2. The first-order valence-corrected chi connectivity index (χ1v) is 6.26. The van der Waals surface area contributed by atoms with Gasteiger partial charge in [-0.2, -0.15) is 10.4 Å². The molecule has 3 nitrogen and oxygen atoms in total. The molecule has 92 valence electrons. The Morgan fingerprint density at radius 1 is 1.11 bits per heavy atom. The Hall–Kier alpha value is -2.31. The van der Waals surface area contributed by atoms with Gasteiger partial charge in [0.25, 0.3) is 0 Å². The molecule has 0 saturated heterocycles. The zero-order valence-electron chi connectivity index (χ0n) is 10.0. The SMILES string of the molecule is N#Cc1nn(Cc2ccc(Cl)cc2)c2ccccc12. The van der Waals surface area contributed by atoms with Crippen LogP contribution in [0.3, 0.4) is 0 Å². The molecule has 0 fully saturated rings. The van der Waals surface area contributed by atoms with Gasteiger partial charge in [-0.1, -0.05) is 35.9 Å². The van der Waals surface area contributed by atoms with Crippen LogP contribution in [0.25, 0.3) is 10.9 Å². The summed E-state index contributed by atoms with van der Waals surface area (Å²) < 4.78 is 1.84. The minimum atomic E-state index is 0.463. The summed E-state index contributed by atoms with van der Waals surface area (Å²) >= 11 is 5.87. The highest BCUT2D eigenvalue weighted by atomic mass is 35.5. The van der Waals surface area contributed by atoms with Crippen LogP contribution in [0.4, 0.5) is 0 Å². The van der Waals surface area contributed by atoms with Gasteiger partial charge in [-0.05, 0) is 29.8 Å². The van der Waals surface area contributed by atoms with Gasteiger partial charge in [0, 0.05) is 10.4 Å². The standard InChI is InChI=1S/C15H10ClN3/c16-12-7-5-11(6-8-12)10-19-15-4-2-1-3-13(15)14(9-17)18-19/h1-8H,10H2. The van der Waals surface area contributed by atoms with Gasteiger partial charge in [0.1, 0.15) is 6.07 Å². The molecule has 19 heavy (non-hydrogen) atoms. The summed E-state index contributed by atoms with van der Waals surface area (Å²) in [6, 6.07) is 17.5. The highest BCUT2D eigenvalue weighted by molar-refractivity contribution is 6.30. The highest BCUT2D eigenvalue weighted by Crippen LogP contribution is 2.19. The van der Waals surface area contributed by atoms with Gasteiger partial charge >= 0.3 is 0 Å². The number of aromatic nitrogens is 2. The number of para-hydroxylation sites is 1. The first kappa shape index (κ1) is 11.8. The van der Waals surface area contributed by atoms with Crippen LogP contribution < -0.4 is 0 Å². The second-order valence-electron chi connectivity index (χ2n) is 4.26. The molecule has 3 rings (SSSR count). The third-order valence-corrected chi connectivity index (χ3v) is 3.26. The normalized spacial score (nSPS) is 10.5. The van der Waals surface area contributed by atoms with E-state index in [0.717, 1.165) is 16.5 Å². The van der Waals surface area contributed by atoms with Gasteiger partial charge in [0.15, 0.2) is 5.69 Å². The van der Waals surface area contributed by atoms with E-state index in [1.807, 2.05) is 53.2 Å². The molecule has 0 N–H and O–H groups in total. The average molecular weight is 268 g/mol. The van der Waals surface area contributed by atoms with Crippen LogP contribution in [0.2, 0.25) is 5.02 Å². The maximum absolute atomic E-state index is 9.11. The minimum absolute atomic E-state index is 0.463. The van der Waals surface area contributed by atoms with Crippen molar-refractivity contribution in [3.05, 3.63) is 64.8 Å². The molecule has 0 radical (unpaired) electrons. The number of hydrogen-bond donors (Lipinski definition) is 0. The number of benzene rings is 2. The number of nitriles is 1. The summed E-state index contributed by atoms with van der Waals surface area (Å²) in [6.07, 6.45) is 0. The molecule has 0 spiro atoms. The lowest BCUT2D eigenvalue weighted by Gasteiger charge is -2.03. The van der Waals surface area contributed by atoms with Crippen molar-refractivity contribution >= 4 is 22.5 Å². The first-order chi connectivity index (χ1) is 9.28. The highest BCUT2D eigenvalue weighted by Gasteiger charge is 2.09. The van der Waals surface area contributed by atoms with E-state index in [9.17, 15) is 0 Å². The smallest absolute Gasteiger partial charge is 0.170 e. The summed E-state index contributed by atoms with van der Waals surface area (Å²) in [6.45, 7) is 0.624. The van der Waals surface area contributed by atoms with Crippen molar-refractivity contribution < 1.29 is 0 Å². The first-order valence-electron chi connectivity index (χ1n) is 5.88. The second kappa shape index (κ2) is 4.75. The fourth-order valence-electron chi connectivity index (χ4n) is 2.09. The number of rotatable bonds is 2. The van der Waals surface area contributed by atoms with Crippen LogP contribution in [0.15, 0.2) is 48.5 Å². The lowest BCUT2D eigenvalue weighted by molar-refractivity contribution is 0.708. The van der Waals surface area contributed by atoms with Gasteiger partial charge in [0.05, 0.1) is 12.1 Å². The molecule has 1 heterocycles. The second-order valence-corrected chi connectivity index (χ2v) is 4.70. The van der Waals surface area contributed by atoms with Crippen LogP contribution >= 0.6 is 11.6 Å². The minimum Gasteiger partial charge on any atom is -0.259 e. The molecule has 0 atom stereocenters. The summed E-state index contributed by atoms with van der Waals surface area (Å²) in [5.74, 6) is 0. The topological polar surface area (TPSA) is 41.6 Å². The summed E-state index contributed by atoms with van der Waals surface area (Å²) in [5, 5.41) is 15.1. The molecule has 3 aromatic rings. The molecule has 0 amide bonds. The van der Waals surface area contributed by atoms with Gasteiger partial charge in [-0.25, -0.2) is 0 Å². The van der Waals surface area contributed by atoms with E-state index < -0.39 is 0 Å². The van der Waals surface area contributed by atoms with Crippen LogP contribution in [0.5, 0.6) is 0 Å². The van der Waals surface area contributed by atoms with E-state index in [2.05, 4.69) is 11.2 Å². The molecular weight excluding hydrogens is 258 g/mol. The van der Waals surface area contributed by atoms with E-state index in [-0.39, 0.29) is 0 Å². The third kappa shape index (κ3) is 2.18. The molecule has 0 unspecified atom stereocenters. The Bertz CT molecular complexity index is 766. The van der Waals surface area contributed by atoms with E-state index in [1.54, 1.807) is 0 Å². The van der Waals surface area contributed by atoms with Crippen LogP contribution in [0.1, 0.15) is 11.3 Å². The zero-order valence-corrected chi connectivity index (χ0v) is 10.8. The lowest BCUT2D eigenvalue weighted by atomic mass is 10.2. The largest absolute Gasteiger partial charge is 0.259 e. The van der Waals surface area contributed by atoms with E-state index >= 15 is 0 Å². The number of nitrogens with zero attached hydrogens (tertiary/aromatic N) is 3. The summed E-state index contributed by atoms with van der Waals surface area (Å²) in [4.78, 5) is 0. The maximum atomic E-state index is 9.11. The predicted octanol–water partition coefficient (Wildman–Crippen LogP) is 3.61. The van der Waals surface area contributed by atoms with Crippen molar-refractivity contribution in [2.45, 2.75) is 6.54 Å². The Morgan fingerprint density at radius 3 is 2.58 bits per heavy atom. The van der Waals surface area contributed by atoms with E-state index in [4.69, 9.17) is 16.9 Å².